The topological polar surface area (TPSA) is 84.6 Å². The van der Waals surface area contributed by atoms with Gasteiger partial charge >= 0.3 is 0 Å². The third-order valence-electron chi connectivity index (χ3n) is 5.01. The van der Waals surface area contributed by atoms with Crippen LogP contribution in [-0.2, 0) is 5.75 Å². The second-order valence-electron chi connectivity index (χ2n) is 7.08. The Labute approximate surface area is 182 Å². The minimum Gasteiger partial charge on any atom is -0.431 e. The number of rotatable bonds is 5. The van der Waals surface area contributed by atoms with E-state index in [1.54, 1.807) is 18.2 Å². The van der Waals surface area contributed by atoms with Crippen LogP contribution in [0.25, 0.3) is 11.1 Å². The van der Waals surface area contributed by atoms with E-state index in [1.165, 1.54) is 11.8 Å². The van der Waals surface area contributed by atoms with Crippen LogP contribution in [0.15, 0.2) is 87.5 Å². The predicted octanol–water partition coefficient (Wildman–Crippen LogP) is 4.84. The summed E-state index contributed by atoms with van der Waals surface area (Å²) in [7, 11) is 0. The van der Waals surface area contributed by atoms with E-state index in [0.29, 0.717) is 27.8 Å². The second kappa shape index (κ2) is 8.20. The Balaban J connectivity index is 1.22. The van der Waals surface area contributed by atoms with E-state index in [-0.39, 0.29) is 18.1 Å². The Bertz CT molecular complexity index is 1290. The Morgan fingerprint density at radius 2 is 1.74 bits per heavy atom. The highest BCUT2D eigenvalue weighted by atomic mass is 32.2. The first-order valence-corrected chi connectivity index (χ1v) is 10.7. The first kappa shape index (κ1) is 19.3. The molecule has 5 rings (SSSR count). The molecule has 1 aliphatic rings. The van der Waals surface area contributed by atoms with Gasteiger partial charge in [0, 0.05) is 22.4 Å². The number of Topliss-reactive ketones (excluding diaryl/α,β-unsaturated/α-hetero) is 1. The molecule has 0 saturated carbocycles. The lowest BCUT2D eigenvalue weighted by Gasteiger charge is -2.04. The van der Waals surface area contributed by atoms with Gasteiger partial charge in [0.1, 0.15) is 5.52 Å². The molecule has 0 radical (unpaired) electrons. The zero-order valence-corrected chi connectivity index (χ0v) is 17.2. The number of aromatic nitrogens is 1. The summed E-state index contributed by atoms with van der Waals surface area (Å²) in [5.41, 5.74) is 7.72. The molecule has 0 saturated heterocycles. The van der Waals surface area contributed by atoms with E-state index < -0.39 is 0 Å². The van der Waals surface area contributed by atoms with Crippen molar-refractivity contribution in [3.8, 4) is 0 Å². The predicted molar refractivity (Wildman–Crippen MR) is 119 cm³/mol. The van der Waals surface area contributed by atoms with Crippen LogP contribution in [0, 0.1) is 0 Å². The van der Waals surface area contributed by atoms with Gasteiger partial charge in [-0.2, -0.15) is 5.10 Å². The average molecular weight is 427 g/mol. The van der Waals surface area contributed by atoms with Crippen molar-refractivity contribution in [1.29, 1.82) is 0 Å². The normalized spacial score (nSPS) is 14.2. The quantitative estimate of drug-likeness (QED) is 0.364. The van der Waals surface area contributed by atoms with Crippen LogP contribution in [0.2, 0.25) is 0 Å². The molecule has 0 fully saturated rings. The lowest BCUT2D eigenvalue weighted by atomic mass is 10.1. The van der Waals surface area contributed by atoms with Crippen LogP contribution in [0.1, 0.15) is 38.3 Å². The summed E-state index contributed by atoms with van der Waals surface area (Å²) in [5, 5.41) is 4.80. The summed E-state index contributed by atoms with van der Waals surface area (Å²) in [6.45, 7) is 0. The Kier molecular flexibility index (Phi) is 5.09. The smallest absolute Gasteiger partial charge is 0.271 e. The minimum atomic E-state index is -0.317. The standard InChI is InChI=1S/C24H17N3O3S/c28-21-13-20(17-5-1-2-6-18(17)21)26-27-23(29)16-11-9-15(10-12-16)14-31-24-25-19-7-3-4-8-22(19)30-24/h1-12H,13-14H2,(H,27,29). The summed E-state index contributed by atoms with van der Waals surface area (Å²) in [6.07, 6.45) is 0.200. The van der Waals surface area contributed by atoms with Gasteiger partial charge in [-0.05, 0) is 29.8 Å². The number of carbonyl (C=O) groups excluding carboxylic acids is 2. The first-order valence-electron chi connectivity index (χ1n) is 9.74. The van der Waals surface area contributed by atoms with Crippen molar-refractivity contribution >= 4 is 40.3 Å². The van der Waals surface area contributed by atoms with Crippen molar-refractivity contribution in [3.05, 3.63) is 95.1 Å². The van der Waals surface area contributed by atoms with Crippen LogP contribution in [0.4, 0.5) is 0 Å². The van der Waals surface area contributed by atoms with E-state index >= 15 is 0 Å². The third-order valence-corrected chi connectivity index (χ3v) is 5.91. The van der Waals surface area contributed by atoms with Gasteiger partial charge in [-0.15, -0.1) is 0 Å². The van der Waals surface area contributed by atoms with Gasteiger partial charge < -0.3 is 4.42 Å². The number of benzene rings is 3. The molecule has 0 bridgehead atoms. The number of thioether (sulfide) groups is 1. The molecule has 4 aromatic rings. The number of hydrogen-bond donors (Lipinski definition) is 1. The van der Waals surface area contributed by atoms with Gasteiger partial charge in [-0.1, -0.05) is 60.3 Å². The zero-order chi connectivity index (χ0) is 21.2. The molecule has 1 N–H and O–H groups in total. The van der Waals surface area contributed by atoms with E-state index in [1.807, 2.05) is 54.6 Å². The summed E-state index contributed by atoms with van der Waals surface area (Å²) >= 11 is 1.50. The van der Waals surface area contributed by atoms with Gasteiger partial charge in [0.2, 0.25) is 0 Å². The molecule has 1 aliphatic carbocycles. The largest absolute Gasteiger partial charge is 0.431 e. The van der Waals surface area contributed by atoms with E-state index in [2.05, 4.69) is 15.5 Å². The van der Waals surface area contributed by atoms with Crippen LogP contribution in [0.5, 0.6) is 0 Å². The monoisotopic (exact) mass is 427 g/mol. The second-order valence-corrected chi connectivity index (χ2v) is 8.00. The third kappa shape index (κ3) is 4.00. The number of carbonyl (C=O) groups is 2. The highest BCUT2D eigenvalue weighted by molar-refractivity contribution is 7.98. The molecule has 152 valence electrons. The average Bonchev–Trinajstić information content (AvgIpc) is 3.37. The van der Waals surface area contributed by atoms with Gasteiger partial charge in [-0.25, -0.2) is 10.4 Å². The SMILES string of the molecule is O=C(NN=C1CC(=O)c2ccccc21)c1ccc(CSc2nc3ccccc3o2)cc1. The number of fused-ring (bicyclic) bond motifs is 2. The molecule has 7 heteroatoms. The van der Waals surface area contributed by atoms with Crippen LogP contribution >= 0.6 is 11.8 Å². The fourth-order valence-corrected chi connectivity index (χ4v) is 4.21. The number of amides is 1. The molecule has 0 spiro atoms. The summed E-state index contributed by atoms with van der Waals surface area (Å²) in [4.78, 5) is 28.9. The Morgan fingerprint density at radius 3 is 2.55 bits per heavy atom. The van der Waals surface area contributed by atoms with Crippen molar-refractivity contribution < 1.29 is 14.0 Å². The van der Waals surface area contributed by atoms with E-state index in [4.69, 9.17) is 4.42 Å². The molecule has 31 heavy (non-hydrogen) atoms. The molecule has 0 unspecified atom stereocenters. The van der Waals surface area contributed by atoms with E-state index in [0.717, 1.165) is 22.2 Å². The highest BCUT2D eigenvalue weighted by Gasteiger charge is 2.25. The number of nitrogens with one attached hydrogen (secondary N) is 1. The highest BCUT2D eigenvalue weighted by Crippen LogP contribution is 2.26. The summed E-state index contributed by atoms with van der Waals surface area (Å²) in [6, 6.07) is 22.2. The first-order chi connectivity index (χ1) is 15.2. The van der Waals surface area contributed by atoms with Gasteiger partial charge in [0.05, 0.1) is 12.1 Å². The Morgan fingerprint density at radius 1 is 1.00 bits per heavy atom. The van der Waals surface area contributed by atoms with Crippen LogP contribution in [0.3, 0.4) is 0 Å². The molecule has 6 nitrogen and oxygen atoms in total. The van der Waals surface area contributed by atoms with E-state index in [9.17, 15) is 9.59 Å². The van der Waals surface area contributed by atoms with Gasteiger partial charge in [0.15, 0.2) is 11.4 Å². The number of oxazole rings is 1. The summed E-state index contributed by atoms with van der Waals surface area (Å²) < 4.78 is 5.71. The lowest BCUT2D eigenvalue weighted by Crippen LogP contribution is -2.19. The van der Waals surface area contributed by atoms with Crippen LogP contribution in [-0.4, -0.2) is 22.4 Å². The molecular weight excluding hydrogens is 410 g/mol. The fraction of sp³-hybridized carbons (Fsp3) is 0.0833. The molecule has 0 aliphatic heterocycles. The van der Waals surface area contributed by atoms with Gasteiger partial charge in [-0.3, -0.25) is 9.59 Å². The number of hydrazone groups is 1. The number of ketones is 1. The van der Waals surface area contributed by atoms with Crippen molar-refractivity contribution in [2.45, 2.75) is 17.4 Å². The lowest BCUT2D eigenvalue weighted by molar-refractivity contribution is 0.0952. The van der Waals surface area contributed by atoms with Gasteiger partial charge in [0.25, 0.3) is 11.1 Å². The maximum absolute atomic E-state index is 12.5. The maximum atomic E-state index is 12.5. The van der Waals surface area contributed by atoms with Crippen molar-refractivity contribution in [3.63, 3.8) is 0 Å². The molecule has 0 atom stereocenters. The fourth-order valence-electron chi connectivity index (χ4n) is 3.41. The van der Waals surface area contributed by atoms with Crippen LogP contribution < -0.4 is 5.43 Å². The van der Waals surface area contributed by atoms with Crippen molar-refractivity contribution in [2.24, 2.45) is 5.10 Å². The maximum Gasteiger partial charge on any atom is 0.271 e. The molecular formula is C24H17N3O3S. The number of hydrogen-bond acceptors (Lipinski definition) is 6. The molecule has 3 aromatic carbocycles. The molecule has 1 heterocycles. The van der Waals surface area contributed by atoms with Crippen molar-refractivity contribution in [2.75, 3.05) is 0 Å². The molecule has 1 amide bonds. The molecule has 1 aromatic heterocycles. The van der Waals surface area contributed by atoms with Crippen molar-refractivity contribution in [1.82, 2.24) is 10.4 Å². The zero-order valence-electron chi connectivity index (χ0n) is 16.4. The number of nitrogens with zero attached hydrogens (tertiary/aromatic N) is 2. The summed E-state index contributed by atoms with van der Waals surface area (Å²) in [5.74, 6) is 0.377. The minimum absolute atomic E-state index is 0.0180. The number of para-hydroxylation sites is 2. The Hall–Kier alpha value is -3.71.